The molecule has 2 aromatic carbocycles. The lowest BCUT2D eigenvalue weighted by molar-refractivity contribution is 0.281. The third-order valence-electron chi connectivity index (χ3n) is 2.91. The van der Waals surface area contributed by atoms with Crippen molar-refractivity contribution in [2.24, 2.45) is 0 Å². The number of fused-ring (bicyclic) bond motifs is 1. The lowest BCUT2D eigenvalue weighted by atomic mass is 10.1. The number of aliphatic hydroxyl groups excluding tert-OH is 1. The molecule has 0 unspecified atom stereocenters. The monoisotopic (exact) mass is 239 g/mol. The number of nitrogens with zero attached hydrogens (tertiary/aromatic N) is 3. The predicted octanol–water partition coefficient (Wildman–Crippen LogP) is 2.22. The van der Waals surface area contributed by atoms with Gasteiger partial charge in [-0.15, -0.1) is 10.2 Å². The van der Waals surface area contributed by atoms with Gasteiger partial charge in [0.15, 0.2) is 0 Å². The lowest BCUT2D eigenvalue weighted by Crippen LogP contribution is -2.03. The standard InChI is InChI=1S/C14H13N3O/c1-10-6-7-11(9-18)14(8-10)17-15-12-4-2-3-5-13(12)16-17/h2-8,18H,9H2,1H3. The van der Waals surface area contributed by atoms with Crippen LogP contribution in [0.1, 0.15) is 11.1 Å². The van der Waals surface area contributed by atoms with Crippen molar-refractivity contribution in [3.8, 4) is 5.69 Å². The molecule has 0 radical (unpaired) electrons. The van der Waals surface area contributed by atoms with E-state index < -0.39 is 0 Å². The van der Waals surface area contributed by atoms with Crippen molar-refractivity contribution in [3.05, 3.63) is 53.6 Å². The van der Waals surface area contributed by atoms with E-state index in [9.17, 15) is 5.11 Å². The van der Waals surface area contributed by atoms with E-state index >= 15 is 0 Å². The molecule has 0 amide bonds. The third-order valence-corrected chi connectivity index (χ3v) is 2.91. The number of rotatable bonds is 2. The van der Waals surface area contributed by atoms with E-state index in [2.05, 4.69) is 10.2 Å². The molecule has 0 aliphatic heterocycles. The third kappa shape index (κ3) is 1.76. The molecule has 0 saturated heterocycles. The minimum absolute atomic E-state index is 0.0203. The van der Waals surface area contributed by atoms with Gasteiger partial charge in [-0.2, -0.15) is 4.80 Å². The van der Waals surface area contributed by atoms with Gasteiger partial charge in [-0.1, -0.05) is 24.3 Å². The van der Waals surface area contributed by atoms with Crippen molar-refractivity contribution in [1.82, 2.24) is 15.0 Å². The Hall–Kier alpha value is -2.20. The Morgan fingerprint density at radius 2 is 1.72 bits per heavy atom. The highest BCUT2D eigenvalue weighted by Crippen LogP contribution is 2.17. The highest BCUT2D eigenvalue weighted by Gasteiger charge is 2.08. The van der Waals surface area contributed by atoms with E-state index in [1.165, 1.54) is 0 Å². The van der Waals surface area contributed by atoms with E-state index in [0.717, 1.165) is 27.8 Å². The molecule has 0 atom stereocenters. The topological polar surface area (TPSA) is 50.9 Å². The Bertz CT molecular complexity index is 670. The minimum atomic E-state index is -0.0203. The molecule has 18 heavy (non-hydrogen) atoms. The van der Waals surface area contributed by atoms with Crippen molar-refractivity contribution in [3.63, 3.8) is 0 Å². The maximum absolute atomic E-state index is 9.38. The van der Waals surface area contributed by atoms with Crippen molar-refractivity contribution >= 4 is 11.0 Å². The zero-order valence-electron chi connectivity index (χ0n) is 10.0. The van der Waals surface area contributed by atoms with Crippen LogP contribution >= 0.6 is 0 Å². The average Bonchev–Trinajstić information content (AvgIpc) is 2.82. The Labute approximate surface area is 104 Å². The van der Waals surface area contributed by atoms with Gasteiger partial charge in [0.05, 0.1) is 12.3 Å². The summed E-state index contributed by atoms with van der Waals surface area (Å²) in [6, 6.07) is 13.6. The van der Waals surface area contributed by atoms with Gasteiger partial charge in [0.25, 0.3) is 0 Å². The van der Waals surface area contributed by atoms with Gasteiger partial charge >= 0.3 is 0 Å². The van der Waals surface area contributed by atoms with E-state index in [-0.39, 0.29) is 6.61 Å². The first-order chi connectivity index (χ1) is 8.78. The van der Waals surface area contributed by atoms with Gasteiger partial charge in [-0.3, -0.25) is 0 Å². The zero-order chi connectivity index (χ0) is 12.5. The number of hydrogen-bond donors (Lipinski definition) is 1. The molecule has 0 fully saturated rings. The number of hydrogen-bond acceptors (Lipinski definition) is 3. The molecule has 3 rings (SSSR count). The van der Waals surface area contributed by atoms with Gasteiger partial charge in [0.1, 0.15) is 11.0 Å². The second kappa shape index (κ2) is 4.23. The van der Waals surface area contributed by atoms with Gasteiger partial charge in [0.2, 0.25) is 0 Å². The van der Waals surface area contributed by atoms with Crippen LogP contribution in [0.15, 0.2) is 42.5 Å². The van der Waals surface area contributed by atoms with E-state index in [4.69, 9.17) is 0 Å². The smallest absolute Gasteiger partial charge is 0.113 e. The number of aromatic nitrogens is 3. The van der Waals surface area contributed by atoms with Crippen LogP contribution in [0.3, 0.4) is 0 Å². The zero-order valence-corrected chi connectivity index (χ0v) is 10.0. The van der Waals surface area contributed by atoms with Crippen molar-refractivity contribution in [2.45, 2.75) is 13.5 Å². The maximum atomic E-state index is 9.38. The highest BCUT2D eigenvalue weighted by molar-refractivity contribution is 5.73. The van der Waals surface area contributed by atoms with E-state index in [0.29, 0.717) is 0 Å². The maximum Gasteiger partial charge on any atom is 0.113 e. The normalized spacial score (nSPS) is 11.0. The van der Waals surface area contributed by atoms with Crippen LogP contribution in [0.4, 0.5) is 0 Å². The second-order valence-electron chi connectivity index (χ2n) is 4.27. The summed E-state index contributed by atoms with van der Waals surface area (Å²) in [6.45, 7) is 1.99. The predicted molar refractivity (Wildman–Crippen MR) is 69.5 cm³/mol. The van der Waals surface area contributed by atoms with Gasteiger partial charge in [-0.25, -0.2) is 0 Å². The van der Waals surface area contributed by atoms with Crippen LogP contribution in [-0.2, 0) is 6.61 Å². The molecule has 0 aliphatic carbocycles. The van der Waals surface area contributed by atoms with Crippen LogP contribution in [0, 0.1) is 6.92 Å². The second-order valence-corrected chi connectivity index (χ2v) is 4.27. The molecule has 90 valence electrons. The minimum Gasteiger partial charge on any atom is -0.392 e. The molecule has 0 saturated carbocycles. The van der Waals surface area contributed by atoms with E-state index in [1.807, 2.05) is 49.4 Å². The number of aliphatic hydroxyl groups is 1. The van der Waals surface area contributed by atoms with Crippen LogP contribution in [0.25, 0.3) is 16.7 Å². The molecule has 1 N–H and O–H groups in total. The van der Waals surface area contributed by atoms with Crippen molar-refractivity contribution < 1.29 is 5.11 Å². The average molecular weight is 239 g/mol. The SMILES string of the molecule is Cc1ccc(CO)c(-n2nc3ccccc3n2)c1. The molecule has 0 aliphatic rings. The Balaban J connectivity index is 2.22. The number of benzene rings is 2. The number of aryl methyl sites for hydroxylation is 1. The van der Waals surface area contributed by atoms with Gasteiger partial charge in [-0.05, 0) is 30.7 Å². The van der Waals surface area contributed by atoms with Crippen molar-refractivity contribution in [1.29, 1.82) is 0 Å². The summed E-state index contributed by atoms with van der Waals surface area (Å²) in [4.78, 5) is 1.59. The molecule has 1 heterocycles. The summed E-state index contributed by atoms with van der Waals surface area (Å²) in [7, 11) is 0. The van der Waals surface area contributed by atoms with Crippen LogP contribution in [-0.4, -0.2) is 20.1 Å². The van der Waals surface area contributed by atoms with Crippen LogP contribution in [0.5, 0.6) is 0 Å². The molecule has 1 aromatic heterocycles. The summed E-state index contributed by atoms with van der Waals surface area (Å²) >= 11 is 0. The van der Waals surface area contributed by atoms with Crippen molar-refractivity contribution in [2.75, 3.05) is 0 Å². The summed E-state index contributed by atoms with van der Waals surface area (Å²) < 4.78 is 0. The largest absolute Gasteiger partial charge is 0.392 e. The fourth-order valence-corrected chi connectivity index (χ4v) is 1.96. The molecular weight excluding hydrogens is 226 g/mol. The molecule has 4 heteroatoms. The molecular formula is C14H13N3O. The molecule has 3 aromatic rings. The van der Waals surface area contributed by atoms with E-state index in [1.54, 1.807) is 4.80 Å². The first kappa shape index (κ1) is 10.9. The lowest BCUT2D eigenvalue weighted by Gasteiger charge is -2.06. The summed E-state index contributed by atoms with van der Waals surface area (Å²) in [5.74, 6) is 0. The molecule has 0 spiro atoms. The highest BCUT2D eigenvalue weighted by atomic mass is 16.3. The molecule has 0 bridgehead atoms. The Morgan fingerprint density at radius 3 is 2.33 bits per heavy atom. The van der Waals surface area contributed by atoms with Crippen LogP contribution < -0.4 is 0 Å². The fourth-order valence-electron chi connectivity index (χ4n) is 1.96. The van der Waals surface area contributed by atoms with Gasteiger partial charge in [0, 0.05) is 5.56 Å². The first-order valence-electron chi connectivity index (χ1n) is 5.81. The summed E-state index contributed by atoms with van der Waals surface area (Å²) in [6.07, 6.45) is 0. The van der Waals surface area contributed by atoms with Gasteiger partial charge < -0.3 is 5.11 Å². The fraction of sp³-hybridized carbons (Fsp3) is 0.143. The summed E-state index contributed by atoms with van der Waals surface area (Å²) in [5, 5.41) is 18.2. The summed E-state index contributed by atoms with van der Waals surface area (Å²) in [5.41, 5.74) is 4.46. The van der Waals surface area contributed by atoms with Crippen LogP contribution in [0.2, 0.25) is 0 Å². The first-order valence-corrected chi connectivity index (χ1v) is 5.81. The molecule has 4 nitrogen and oxygen atoms in total. The Kier molecular flexibility index (Phi) is 2.57. The quantitative estimate of drug-likeness (QED) is 0.746. The Morgan fingerprint density at radius 1 is 1.06 bits per heavy atom.